The van der Waals surface area contributed by atoms with Gasteiger partial charge in [0.2, 0.25) is 5.96 Å². The monoisotopic (exact) mass is 252 g/mol. The van der Waals surface area contributed by atoms with Crippen molar-refractivity contribution in [3.63, 3.8) is 0 Å². The van der Waals surface area contributed by atoms with Crippen LogP contribution in [-0.2, 0) is 0 Å². The van der Waals surface area contributed by atoms with Crippen molar-refractivity contribution in [2.24, 2.45) is 9.98 Å². The van der Waals surface area contributed by atoms with Crippen molar-refractivity contribution in [3.8, 4) is 0 Å². The Hall–Kier alpha value is -0.900. The average molecular weight is 252 g/mol. The summed E-state index contributed by atoms with van der Waals surface area (Å²) < 4.78 is 0. The van der Waals surface area contributed by atoms with E-state index in [-0.39, 0.29) is 0 Å². The second-order valence-corrected chi connectivity index (χ2v) is 5.35. The van der Waals surface area contributed by atoms with Crippen molar-refractivity contribution in [2.75, 3.05) is 26.7 Å². The van der Waals surface area contributed by atoms with Gasteiger partial charge in [-0.3, -0.25) is 9.89 Å². The predicted octanol–water partition coefficient (Wildman–Crippen LogP) is 2.26. The zero-order valence-corrected chi connectivity index (χ0v) is 12.8. The molecule has 0 aromatic heterocycles. The van der Waals surface area contributed by atoms with Crippen molar-refractivity contribution in [1.82, 2.24) is 9.80 Å². The predicted molar refractivity (Wildman–Crippen MR) is 79.6 cm³/mol. The van der Waals surface area contributed by atoms with Crippen molar-refractivity contribution in [1.29, 1.82) is 0 Å². The maximum atomic E-state index is 4.62. The minimum atomic E-state index is 0.563. The Balaban J connectivity index is 2.70. The van der Waals surface area contributed by atoms with E-state index in [0.29, 0.717) is 12.1 Å². The molecular weight excluding hydrogens is 224 g/mol. The fraction of sp³-hybridized carbons (Fsp3) is 0.857. The maximum Gasteiger partial charge on any atom is 0.220 e. The first-order valence-electron chi connectivity index (χ1n) is 7.01. The molecule has 104 valence electrons. The third-order valence-corrected chi connectivity index (χ3v) is 3.63. The molecule has 4 nitrogen and oxygen atoms in total. The molecule has 0 radical (unpaired) electrons. The van der Waals surface area contributed by atoms with E-state index in [1.165, 1.54) is 0 Å². The van der Waals surface area contributed by atoms with Crippen molar-refractivity contribution in [3.05, 3.63) is 0 Å². The number of piperazine rings is 1. The zero-order chi connectivity index (χ0) is 13.7. The SMILES string of the molecule is CC/C(C)=N\C(=NC)N1CCN(C(C)C)C(C)C1. The second kappa shape index (κ2) is 6.88. The summed E-state index contributed by atoms with van der Waals surface area (Å²) >= 11 is 0. The van der Waals surface area contributed by atoms with E-state index in [9.17, 15) is 0 Å². The average Bonchev–Trinajstić information content (AvgIpc) is 2.34. The van der Waals surface area contributed by atoms with Gasteiger partial charge in [-0.15, -0.1) is 0 Å². The molecule has 0 aliphatic carbocycles. The molecule has 1 aliphatic rings. The zero-order valence-electron chi connectivity index (χ0n) is 12.8. The third kappa shape index (κ3) is 3.80. The van der Waals surface area contributed by atoms with Gasteiger partial charge in [0.25, 0.3) is 0 Å². The molecule has 1 aliphatic heterocycles. The van der Waals surface area contributed by atoms with E-state index in [1.54, 1.807) is 0 Å². The van der Waals surface area contributed by atoms with E-state index < -0.39 is 0 Å². The maximum absolute atomic E-state index is 4.62. The smallest absolute Gasteiger partial charge is 0.220 e. The van der Waals surface area contributed by atoms with Crippen LogP contribution in [0.1, 0.15) is 41.0 Å². The lowest BCUT2D eigenvalue weighted by Gasteiger charge is -2.42. The quantitative estimate of drug-likeness (QED) is 0.557. The standard InChI is InChI=1S/C14H28N4/c1-7-12(4)16-14(15-6)17-8-9-18(11(2)3)13(5)10-17/h11,13H,7-10H2,1-6H3/b15-14?,16-12-. The number of rotatable bonds is 2. The highest BCUT2D eigenvalue weighted by Gasteiger charge is 2.26. The summed E-state index contributed by atoms with van der Waals surface area (Å²) in [5.74, 6) is 0.893. The van der Waals surface area contributed by atoms with Crippen molar-refractivity contribution in [2.45, 2.75) is 53.1 Å². The number of hydrogen-bond acceptors (Lipinski definition) is 2. The van der Waals surface area contributed by atoms with Crippen LogP contribution in [0.3, 0.4) is 0 Å². The summed E-state index contributed by atoms with van der Waals surface area (Å²) in [7, 11) is 1.83. The highest BCUT2D eigenvalue weighted by Crippen LogP contribution is 2.13. The van der Waals surface area contributed by atoms with Gasteiger partial charge in [-0.2, -0.15) is 0 Å². The van der Waals surface area contributed by atoms with Crippen molar-refractivity contribution < 1.29 is 0 Å². The van der Waals surface area contributed by atoms with Crippen LogP contribution < -0.4 is 0 Å². The summed E-state index contributed by atoms with van der Waals surface area (Å²) in [4.78, 5) is 13.8. The van der Waals surface area contributed by atoms with E-state index in [4.69, 9.17) is 0 Å². The first-order chi connectivity index (χ1) is 8.49. The Morgan fingerprint density at radius 1 is 1.33 bits per heavy atom. The summed E-state index contributed by atoms with van der Waals surface area (Å²) in [6, 6.07) is 1.18. The molecular formula is C14H28N4. The molecule has 1 fully saturated rings. The van der Waals surface area contributed by atoms with E-state index >= 15 is 0 Å². The van der Waals surface area contributed by atoms with Gasteiger partial charge in [0.05, 0.1) is 0 Å². The van der Waals surface area contributed by atoms with Crippen LogP contribution >= 0.6 is 0 Å². The molecule has 1 saturated heterocycles. The van der Waals surface area contributed by atoms with E-state index in [1.807, 2.05) is 7.05 Å². The lowest BCUT2D eigenvalue weighted by molar-refractivity contribution is 0.0924. The van der Waals surface area contributed by atoms with Crippen LogP contribution in [0.25, 0.3) is 0 Å². The molecule has 0 saturated carbocycles. The highest BCUT2D eigenvalue weighted by atomic mass is 15.3. The molecule has 1 rings (SSSR count). The van der Waals surface area contributed by atoms with Gasteiger partial charge in [-0.1, -0.05) is 6.92 Å². The Morgan fingerprint density at radius 2 is 2.00 bits per heavy atom. The molecule has 0 amide bonds. The fourth-order valence-electron chi connectivity index (χ4n) is 2.43. The largest absolute Gasteiger partial charge is 0.338 e. The lowest BCUT2D eigenvalue weighted by Crippen LogP contribution is -2.55. The van der Waals surface area contributed by atoms with E-state index in [0.717, 1.165) is 37.7 Å². The molecule has 0 spiro atoms. The molecule has 0 aromatic carbocycles. The van der Waals surface area contributed by atoms with Crippen molar-refractivity contribution >= 4 is 11.7 Å². The molecule has 0 N–H and O–H groups in total. The second-order valence-electron chi connectivity index (χ2n) is 5.35. The first-order valence-corrected chi connectivity index (χ1v) is 7.01. The number of guanidine groups is 1. The summed E-state index contributed by atoms with van der Waals surface area (Å²) in [6.07, 6.45) is 0.987. The van der Waals surface area contributed by atoms with Gasteiger partial charge in [0, 0.05) is 44.5 Å². The first kappa shape index (κ1) is 15.2. The van der Waals surface area contributed by atoms with Crippen LogP contribution in [0.4, 0.5) is 0 Å². The molecule has 18 heavy (non-hydrogen) atoms. The van der Waals surface area contributed by atoms with Gasteiger partial charge in [-0.05, 0) is 34.1 Å². The molecule has 4 heteroatoms. The van der Waals surface area contributed by atoms with Gasteiger partial charge >= 0.3 is 0 Å². The summed E-state index contributed by atoms with van der Waals surface area (Å²) in [5, 5.41) is 0. The molecule has 1 atom stereocenters. The minimum Gasteiger partial charge on any atom is -0.338 e. The van der Waals surface area contributed by atoms with Crippen LogP contribution in [0.15, 0.2) is 9.98 Å². The third-order valence-electron chi connectivity index (χ3n) is 3.63. The van der Waals surface area contributed by atoms with Crippen LogP contribution in [0.5, 0.6) is 0 Å². The Morgan fingerprint density at radius 3 is 2.44 bits per heavy atom. The van der Waals surface area contributed by atoms with Gasteiger partial charge in [0.15, 0.2) is 0 Å². The Labute approximate surface area is 112 Å². The number of aliphatic imine (C=N–C) groups is 2. The minimum absolute atomic E-state index is 0.563. The molecule has 0 bridgehead atoms. The molecule has 1 unspecified atom stereocenters. The molecule has 0 aromatic rings. The fourth-order valence-corrected chi connectivity index (χ4v) is 2.43. The number of hydrogen-bond donors (Lipinski definition) is 0. The normalized spacial score (nSPS) is 23.9. The van der Waals surface area contributed by atoms with Gasteiger partial charge in [-0.25, -0.2) is 4.99 Å². The Kier molecular flexibility index (Phi) is 5.79. The lowest BCUT2D eigenvalue weighted by atomic mass is 10.1. The summed E-state index contributed by atoms with van der Waals surface area (Å²) in [6.45, 7) is 14.2. The van der Waals surface area contributed by atoms with E-state index in [2.05, 4.69) is 54.4 Å². The van der Waals surface area contributed by atoms with Crippen LogP contribution in [0.2, 0.25) is 0 Å². The van der Waals surface area contributed by atoms with Gasteiger partial charge < -0.3 is 4.90 Å². The van der Waals surface area contributed by atoms with Crippen LogP contribution in [0, 0.1) is 0 Å². The molecule has 1 heterocycles. The van der Waals surface area contributed by atoms with Gasteiger partial charge in [0.1, 0.15) is 0 Å². The topological polar surface area (TPSA) is 31.2 Å². The Bertz CT molecular complexity index is 320. The number of nitrogens with zero attached hydrogens (tertiary/aromatic N) is 4. The summed E-state index contributed by atoms with van der Waals surface area (Å²) in [5.41, 5.74) is 1.15. The van der Waals surface area contributed by atoms with Crippen LogP contribution in [-0.4, -0.2) is 60.2 Å². The highest BCUT2D eigenvalue weighted by molar-refractivity contribution is 5.95.